The molecule has 3 rings (SSSR count). The first-order valence-corrected chi connectivity index (χ1v) is 8.00. The highest BCUT2D eigenvalue weighted by atomic mass is 35.5. The Morgan fingerprint density at radius 2 is 1.68 bits per heavy atom. The quantitative estimate of drug-likeness (QED) is 0.624. The number of nitrogen functional groups attached to an aromatic ring is 1. The number of nitrogens with zero attached hydrogens (tertiary/aromatic N) is 2. The van der Waals surface area contributed by atoms with Gasteiger partial charge in [0.05, 0.1) is 12.8 Å². The number of para-hydroxylation sites is 2. The van der Waals surface area contributed by atoms with E-state index in [0.717, 1.165) is 16.9 Å². The fourth-order valence-electron chi connectivity index (χ4n) is 2.33. The highest BCUT2D eigenvalue weighted by Crippen LogP contribution is 2.32. The monoisotopic (exact) mass is 355 g/mol. The summed E-state index contributed by atoms with van der Waals surface area (Å²) in [6.07, 6.45) is 1.44. The number of anilines is 5. The van der Waals surface area contributed by atoms with Crippen molar-refractivity contribution >= 4 is 40.3 Å². The molecule has 0 aliphatic rings. The van der Waals surface area contributed by atoms with Crippen LogP contribution in [0.1, 0.15) is 5.56 Å². The van der Waals surface area contributed by atoms with Gasteiger partial charge in [0.15, 0.2) is 11.6 Å². The van der Waals surface area contributed by atoms with Gasteiger partial charge < -0.3 is 21.1 Å². The maximum absolute atomic E-state index is 6.23. The first-order chi connectivity index (χ1) is 12.1. The van der Waals surface area contributed by atoms with Crippen LogP contribution >= 0.6 is 11.6 Å². The van der Waals surface area contributed by atoms with Crippen LogP contribution in [-0.2, 0) is 0 Å². The minimum atomic E-state index is 0.396. The molecule has 2 aromatic carbocycles. The molecular formula is C18H18ClN5O. The summed E-state index contributed by atoms with van der Waals surface area (Å²) in [5, 5.41) is 7.01. The van der Waals surface area contributed by atoms with Crippen molar-refractivity contribution in [3.8, 4) is 5.75 Å². The van der Waals surface area contributed by atoms with Gasteiger partial charge in [0.25, 0.3) is 0 Å². The van der Waals surface area contributed by atoms with E-state index in [1.807, 2.05) is 49.4 Å². The third-order valence-corrected chi connectivity index (χ3v) is 3.93. The minimum absolute atomic E-state index is 0.396. The molecule has 6 nitrogen and oxygen atoms in total. The summed E-state index contributed by atoms with van der Waals surface area (Å²) in [4.78, 5) is 8.45. The summed E-state index contributed by atoms with van der Waals surface area (Å²) in [6.45, 7) is 1.98. The van der Waals surface area contributed by atoms with Crippen LogP contribution in [-0.4, -0.2) is 17.1 Å². The molecule has 128 valence electrons. The predicted molar refractivity (Wildman–Crippen MR) is 102 cm³/mol. The molecule has 0 bridgehead atoms. The molecule has 7 heteroatoms. The molecule has 0 radical (unpaired) electrons. The second kappa shape index (κ2) is 7.27. The average Bonchev–Trinajstić information content (AvgIpc) is 2.62. The van der Waals surface area contributed by atoms with Crippen LogP contribution in [0.3, 0.4) is 0 Å². The zero-order chi connectivity index (χ0) is 17.8. The molecule has 0 fully saturated rings. The van der Waals surface area contributed by atoms with E-state index in [4.69, 9.17) is 22.1 Å². The van der Waals surface area contributed by atoms with E-state index in [9.17, 15) is 0 Å². The Kier molecular flexibility index (Phi) is 4.90. The molecular weight excluding hydrogens is 338 g/mol. The van der Waals surface area contributed by atoms with E-state index in [2.05, 4.69) is 20.6 Å². The Balaban J connectivity index is 1.91. The van der Waals surface area contributed by atoms with E-state index < -0.39 is 0 Å². The number of aromatic nitrogens is 2. The van der Waals surface area contributed by atoms with Crippen LogP contribution in [0.4, 0.5) is 28.7 Å². The molecule has 1 heterocycles. The van der Waals surface area contributed by atoms with Crippen molar-refractivity contribution in [2.24, 2.45) is 0 Å². The van der Waals surface area contributed by atoms with Gasteiger partial charge in [-0.2, -0.15) is 0 Å². The Hall–Kier alpha value is -2.99. The molecule has 1 aromatic heterocycles. The van der Waals surface area contributed by atoms with Gasteiger partial charge in [-0.05, 0) is 36.8 Å². The molecule has 0 aliphatic heterocycles. The van der Waals surface area contributed by atoms with Crippen LogP contribution in [0.25, 0.3) is 0 Å². The SMILES string of the molecule is COc1ccccc1Nc1ncnc(Nc2cc(Cl)ccc2C)c1N. The van der Waals surface area contributed by atoms with Gasteiger partial charge in [0.1, 0.15) is 17.8 Å². The fourth-order valence-corrected chi connectivity index (χ4v) is 2.50. The first-order valence-electron chi connectivity index (χ1n) is 7.62. The van der Waals surface area contributed by atoms with Crippen LogP contribution in [0.5, 0.6) is 5.75 Å². The molecule has 0 aliphatic carbocycles. The van der Waals surface area contributed by atoms with Gasteiger partial charge in [0, 0.05) is 10.7 Å². The second-order valence-corrected chi connectivity index (χ2v) is 5.83. The standard InChI is InChI=1S/C18H18ClN5O/c1-11-7-8-12(19)9-14(11)24-18-16(20)17(21-10-22-18)23-13-5-3-4-6-15(13)25-2/h3-10H,20H2,1-2H3,(H2,21,22,23,24). The largest absolute Gasteiger partial charge is 0.495 e. The van der Waals surface area contributed by atoms with Crippen molar-refractivity contribution in [3.63, 3.8) is 0 Å². The summed E-state index contributed by atoms with van der Waals surface area (Å²) in [5.74, 6) is 1.68. The third-order valence-electron chi connectivity index (χ3n) is 3.70. The Morgan fingerprint density at radius 3 is 2.40 bits per heavy atom. The zero-order valence-electron chi connectivity index (χ0n) is 13.9. The van der Waals surface area contributed by atoms with Crippen LogP contribution < -0.4 is 21.1 Å². The smallest absolute Gasteiger partial charge is 0.159 e. The number of hydrogen-bond acceptors (Lipinski definition) is 6. The molecule has 0 amide bonds. The third kappa shape index (κ3) is 3.75. The summed E-state index contributed by atoms with van der Waals surface area (Å²) in [6, 6.07) is 13.1. The lowest BCUT2D eigenvalue weighted by atomic mass is 10.2. The van der Waals surface area contributed by atoms with Gasteiger partial charge in [-0.15, -0.1) is 0 Å². The molecule has 25 heavy (non-hydrogen) atoms. The van der Waals surface area contributed by atoms with Gasteiger partial charge >= 0.3 is 0 Å². The van der Waals surface area contributed by atoms with Crippen LogP contribution in [0, 0.1) is 6.92 Å². The fraction of sp³-hybridized carbons (Fsp3) is 0.111. The van der Waals surface area contributed by atoms with Crippen molar-refractivity contribution in [1.29, 1.82) is 0 Å². The van der Waals surface area contributed by atoms with E-state index in [1.54, 1.807) is 7.11 Å². The van der Waals surface area contributed by atoms with Gasteiger partial charge in [0.2, 0.25) is 0 Å². The molecule has 3 aromatic rings. The van der Waals surface area contributed by atoms with Crippen molar-refractivity contribution in [3.05, 3.63) is 59.4 Å². The topological polar surface area (TPSA) is 85.1 Å². The Morgan fingerprint density at radius 1 is 1.00 bits per heavy atom. The van der Waals surface area contributed by atoms with E-state index >= 15 is 0 Å². The number of nitrogens with two attached hydrogens (primary N) is 1. The Bertz CT molecular complexity index is 900. The van der Waals surface area contributed by atoms with E-state index in [1.165, 1.54) is 6.33 Å². The number of hydrogen-bond donors (Lipinski definition) is 3. The minimum Gasteiger partial charge on any atom is -0.495 e. The number of ether oxygens (including phenoxy) is 1. The molecule has 0 unspecified atom stereocenters. The molecule has 4 N–H and O–H groups in total. The molecule has 0 spiro atoms. The number of aryl methyl sites for hydroxylation is 1. The van der Waals surface area contributed by atoms with Crippen molar-refractivity contribution in [2.45, 2.75) is 6.92 Å². The highest BCUT2D eigenvalue weighted by molar-refractivity contribution is 6.30. The predicted octanol–water partition coefficient (Wildman–Crippen LogP) is 4.52. The van der Waals surface area contributed by atoms with Crippen molar-refractivity contribution in [2.75, 3.05) is 23.5 Å². The molecule has 0 saturated heterocycles. The number of halogens is 1. The average molecular weight is 356 g/mol. The lowest BCUT2D eigenvalue weighted by molar-refractivity contribution is 0.417. The van der Waals surface area contributed by atoms with E-state index in [-0.39, 0.29) is 0 Å². The summed E-state index contributed by atoms with van der Waals surface area (Å²) in [5.41, 5.74) is 9.26. The van der Waals surface area contributed by atoms with E-state index in [0.29, 0.717) is 28.1 Å². The number of methoxy groups -OCH3 is 1. The summed E-state index contributed by atoms with van der Waals surface area (Å²) >= 11 is 6.06. The normalized spacial score (nSPS) is 10.4. The molecule has 0 saturated carbocycles. The maximum Gasteiger partial charge on any atom is 0.159 e. The lowest BCUT2D eigenvalue weighted by Gasteiger charge is -2.15. The van der Waals surface area contributed by atoms with Gasteiger partial charge in [-0.1, -0.05) is 29.8 Å². The Labute approximate surface area is 151 Å². The van der Waals surface area contributed by atoms with Crippen LogP contribution in [0.2, 0.25) is 5.02 Å². The maximum atomic E-state index is 6.23. The number of rotatable bonds is 5. The highest BCUT2D eigenvalue weighted by Gasteiger charge is 2.11. The van der Waals surface area contributed by atoms with Crippen molar-refractivity contribution < 1.29 is 4.74 Å². The second-order valence-electron chi connectivity index (χ2n) is 5.39. The van der Waals surface area contributed by atoms with Gasteiger partial charge in [-0.3, -0.25) is 0 Å². The lowest BCUT2D eigenvalue weighted by Crippen LogP contribution is -2.06. The number of benzene rings is 2. The van der Waals surface area contributed by atoms with Crippen LogP contribution in [0.15, 0.2) is 48.8 Å². The summed E-state index contributed by atoms with van der Waals surface area (Å²) in [7, 11) is 1.61. The summed E-state index contributed by atoms with van der Waals surface area (Å²) < 4.78 is 5.34. The van der Waals surface area contributed by atoms with Gasteiger partial charge in [-0.25, -0.2) is 9.97 Å². The number of nitrogens with one attached hydrogen (secondary N) is 2. The van der Waals surface area contributed by atoms with Crippen molar-refractivity contribution in [1.82, 2.24) is 9.97 Å². The zero-order valence-corrected chi connectivity index (χ0v) is 14.6. The molecule has 0 atom stereocenters. The first kappa shape index (κ1) is 16.9.